The highest BCUT2D eigenvalue weighted by molar-refractivity contribution is 5.76. The number of piperidine rings is 1. The Kier molecular flexibility index (Phi) is 5.26. The lowest BCUT2D eigenvalue weighted by Gasteiger charge is -2.29. The second-order valence-corrected chi connectivity index (χ2v) is 5.44. The van der Waals surface area contributed by atoms with E-state index < -0.39 is 0 Å². The average molecular weight is 254 g/mol. The number of hydrogen-bond acceptors (Lipinski definition) is 3. The average Bonchev–Trinajstić information content (AvgIpc) is 2.76. The largest absolute Gasteiger partial charge is 0.336 e. The molecule has 2 amide bonds. The van der Waals surface area contributed by atoms with E-state index in [1.807, 2.05) is 4.90 Å². The van der Waals surface area contributed by atoms with Crippen LogP contribution in [0.2, 0.25) is 0 Å². The van der Waals surface area contributed by atoms with Gasteiger partial charge in [0.15, 0.2) is 0 Å². The fraction of sp³-hybridized carbons (Fsp3) is 0.923. The molecule has 2 N–H and O–H groups in total. The summed E-state index contributed by atoms with van der Waals surface area (Å²) in [5, 5.41) is 6.34. The van der Waals surface area contributed by atoms with Crippen molar-refractivity contribution in [3.05, 3.63) is 0 Å². The van der Waals surface area contributed by atoms with Gasteiger partial charge >= 0.3 is 6.03 Å². The Morgan fingerprint density at radius 1 is 1.28 bits per heavy atom. The van der Waals surface area contributed by atoms with E-state index in [0.717, 1.165) is 32.7 Å². The zero-order valence-corrected chi connectivity index (χ0v) is 11.5. The van der Waals surface area contributed by atoms with Gasteiger partial charge in [0.2, 0.25) is 0 Å². The first-order valence-electron chi connectivity index (χ1n) is 7.24. The second kappa shape index (κ2) is 6.95. The van der Waals surface area contributed by atoms with E-state index in [1.54, 1.807) is 0 Å². The lowest BCUT2D eigenvalue weighted by Crippen LogP contribution is -2.44. The first kappa shape index (κ1) is 13.6. The van der Waals surface area contributed by atoms with E-state index >= 15 is 0 Å². The number of carbonyl (C=O) groups is 1. The van der Waals surface area contributed by atoms with Crippen molar-refractivity contribution >= 4 is 6.03 Å². The predicted molar refractivity (Wildman–Crippen MR) is 72.7 cm³/mol. The van der Waals surface area contributed by atoms with Gasteiger partial charge in [0.05, 0.1) is 0 Å². The summed E-state index contributed by atoms with van der Waals surface area (Å²) in [5.41, 5.74) is 0. The van der Waals surface area contributed by atoms with E-state index in [9.17, 15) is 4.79 Å². The zero-order chi connectivity index (χ0) is 12.8. The van der Waals surface area contributed by atoms with Crippen molar-refractivity contribution in [3.8, 4) is 0 Å². The van der Waals surface area contributed by atoms with Gasteiger partial charge in [0, 0.05) is 38.8 Å². The maximum Gasteiger partial charge on any atom is 0.317 e. The molecule has 2 saturated heterocycles. The van der Waals surface area contributed by atoms with Gasteiger partial charge in [-0.25, -0.2) is 4.79 Å². The molecule has 0 aromatic rings. The first-order chi connectivity index (χ1) is 8.75. The van der Waals surface area contributed by atoms with Gasteiger partial charge < -0.3 is 20.4 Å². The summed E-state index contributed by atoms with van der Waals surface area (Å²) in [4.78, 5) is 15.8. The van der Waals surface area contributed by atoms with Crippen LogP contribution in [0.15, 0.2) is 0 Å². The van der Waals surface area contributed by atoms with Crippen molar-refractivity contribution < 1.29 is 4.79 Å². The number of likely N-dealkylation sites (tertiary alicyclic amines) is 1. The topological polar surface area (TPSA) is 47.6 Å². The zero-order valence-electron chi connectivity index (χ0n) is 11.5. The number of rotatable bonds is 6. The smallest absolute Gasteiger partial charge is 0.317 e. The summed E-state index contributed by atoms with van der Waals surface area (Å²) in [7, 11) is 0. The summed E-state index contributed by atoms with van der Waals surface area (Å²) in [6.07, 6.45) is 4.09. The van der Waals surface area contributed by atoms with Crippen molar-refractivity contribution in [2.75, 3.05) is 45.8 Å². The standard InChI is InChI=1S/C13H26N4O/c1-12(11-16-7-3-2-4-8-16)14-5-9-17-10-6-15-13(17)18/h12,14H,2-11H2,1H3,(H,15,18). The summed E-state index contributed by atoms with van der Waals surface area (Å²) in [6, 6.07) is 0.592. The molecule has 1 atom stereocenters. The molecule has 0 radical (unpaired) electrons. The maximum atomic E-state index is 11.3. The van der Waals surface area contributed by atoms with Gasteiger partial charge in [-0.15, -0.1) is 0 Å². The van der Waals surface area contributed by atoms with Gasteiger partial charge in [0.1, 0.15) is 0 Å². The van der Waals surface area contributed by atoms with E-state index in [1.165, 1.54) is 32.4 Å². The van der Waals surface area contributed by atoms with E-state index in [0.29, 0.717) is 6.04 Å². The van der Waals surface area contributed by atoms with Crippen molar-refractivity contribution in [2.24, 2.45) is 0 Å². The van der Waals surface area contributed by atoms with Crippen molar-refractivity contribution in [1.82, 2.24) is 20.4 Å². The molecule has 18 heavy (non-hydrogen) atoms. The molecule has 0 saturated carbocycles. The van der Waals surface area contributed by atoms with Crippen molar-refractivity contribution in [2.45, 2.75) is 32.2 Å². The van der Waals surface area contributed by atoms with Gasteiger partial charge in [-0.1, -0.05) is 6.42 Å². The minimum absolute atomic E-state index is 0.0838. The van der Waals surface area contributed by atoms with Gasteiger partial charge in [-0.3, -0.25) is 0 Å². The summed E-state index contributed by atoms with van der Waals surface area (Å²) >= 11 is 0. The summed E-state index contributed by atoms with van der Waals surface area (Å²) in [6.45, 7) is 9.22. The number of nitrogens with zero attached hydrogens (tertiary/aromatic N) is 2. The van der Waals surface area contributed by atoms with Crippen LogP contribution in [0.5, 0.6) is 0 Å². The Morgan fingerprint density at radius 3 is 2.72 bits per heavy atom. The molecule has 104 valence electrons. The van der Waals surface area contributed by atoms with Crippen LogP contribution in [0.4, 0.5) is 4.79 Å². The molecule has 2 fully saturated rings. The SMILES string of the molecule is CC(CN1CCCCC1)NCCN1CCNC1=O. The first-order valence-corrected chi connectivity index (χ1v) is 7.24. The van der Waals surface area contributed by atoms with Crippen LogP contribution in [0.1, 0.15) is 26.2 Å². The molecule has 0 spiro atoms. The van der Waals surface area contributed by atoms with Crippen LogP contribution >= 0.6 is 0 Å². The molecule has 5 nitrogen and oxygen atoms in total. The Balaban J connectivity index is 1.56. The lowest BCUT2D eigenvalue weighted by atomic mass is 10.1. The normalized spacial score (nSPS) is 23.2. The van der Waals surface area contributed by atoms with Crippen LogP contribution in [0.3, 0.4) is 0 Å². The Labute approximate surface area is 110 Å². The van der Waals surface area contributed by atoms with Gasteiger partial charge in [0.25, 0.3) is 0 Å². The van der Waals surface area contributed by atoms with E-state index in [2.05, 4.69) is 22.5 Å². The van der Waals surface area contributed by atoms with Gasteiger partial charge in [-0.2, -0.15) is 0 Å². The third-order valence-corrected chi connectivity index (χ3v) is 3.80. The highest BCUT2D eigenvalue weighted by Crippen LogP contribution is 2.08. The molecule has 2 rings (SSSR count). The number of hydrogen-bond donors (Lipinski definition) is 2. The summed E-state index contributed by atoms with van der Waals surface area (Å²) in [5.74, 6) is 0. The Hall–Kier alpha value is -0.810. The molecule has 0 aromatic heterocycles. The lowest BCUT2D eigenvalue weighted by molar-refractivity contribution is 0.203. The number of urea groups is 1. The van der Waals surface area contributed by atoms with Crippen molar-refractivity contribution in [3.63, 3.8) is 0 Å². The number of nitrogens with one attached hydrogen (secondary N) is 2. The minimum Gasteiger partial charge on any atom is -0.336 e. The molecular formula is C13H26N4O. The van der Waals surface area contributed by atoms with E-state index in [4.69, 9.17) is 0 Å². The predicted octanol–water partition coefficient (Wildman–Crippen LogP) is 0.476. The molecule has 2 aliphatic heterocycles. The molecule has 2 heterocycles. The van der Waals surface area contributed by atoms with Crippen LogP contribution in [0, 0.1) is 0 Å². The quantitative estimate of drug-likeness (QED) is 0.724. The van der Waals surface area contributed by atoms with Gasteiger partial charge in [-0.05, 0) is 32.9 Å². The molecule has 0 aliphatic carbocycles. The Bertz CT molecular complexity index is 266. The van der Waals surface area contributed by atoms with Crippen LogP contribution in [0.25, 0.3) is 0 Å². The highest BCUT2D eigenvalue weighted by Gasteiger charge is 2.19. The van der Waals surface area contributed by atoms with Crippen LogP contribution < -0.4 is 10.6 Å². The maximum absolute atomic E-state index is 11.3. The molecule has 0 bridgehead atoms. The molecular weight excluding hydrogens is 228 g/mol. The minimum atomic E-state index is 0.0838. The molecule has 1 unspecified atom stereocenters. The fourth-order valence-corrected chi connectivity index (χ4v) is 2.76. The third kappa shape index (κ3) is 4.14. The monoisotopic (exact) mass is 254 g/mol. The van der Waals surface area contributed by atoms with Crippen LogP contribution in [-0.4, -0.2) is 67.7 Å². The Morgan fingerprint density at radius 2 is 2.06 bits per heavy atom. The fourth-order valence-electron chi connectivity index (χ4n) is 2.76. The molecule has 0 aromatic carbocycles. The summed E-state index contributed by atoms with van der Waals surface area (Å²) < 4.78 is 0. The number of amides is 2. The van der Waals surface area contributed by atoms with Crippen molar-refractivity contribution in [1.29, 1.82) is 0 Å². The second-order valence-electron chi connectivity index (χ2n) is 5.44. The molecule has 2 aliphatic rings. The third-order valence-electron chi connectivity index (χ3n) is 3.80. The van der Waals surface area contributed by atoms with Crippen LogP contribution in [-0.2, 0) is 0 Å². The number of carbonyl (C=O) groups excluding carboxylic acids is 1. The molecule has 5 heteroatoms. The highest BCUT2D eigenvalue weighted by atomic mass is 16.2. The van der Waals surface area contributed by atoms with E-state index in [-0.39, 0.29) is 6.03 Å².